The van der Waals surface area contributed by atoms with Crippen molar-refractivity contribution < 1.29 is 0 Å². The standard InChI is InChI=1S/C9H14N4S/c1-10-8-6-4-13(2)5-7(6)11-9(12-8)14-3/h4-5H2,1-3H3,(H,10,11,12). The number of rotatable bonds is 2. The summed E-state index contributed by atoms with van der Waals surface area (Å²) in [7, 11) is 4.00. The second-order valence-electron chi connectivity index (χ2n) is 3.41. The number of nitrogens with one attached hydrogen (secondary N) is 1. The Bertz CT molecular complexity index is 353. The first-order valence-corrected chi connectivity index (χ1v) is 5.77. The van der Waals surface area contributed by atoms with Gasteiger partial charge in [0.2, 0.25) is 0 Å². The average molecular weight is 210 g/mol. The molecule has 14 heavy (non-hydrogen) atoms. The van der Waals surface area contributed by atoms with E-state index >= 15 is 0 Å². The van der Waals surface area contributed by atoms with E-state index in [1.165, 1.54) is 5.56 Å². The van der Waals surface area contributed by atoms with Crippen molar-refractivity contribution in [1.29, 1.82) is 0 Å². The molecule has 0 saturated heterocycles. The van der Waals surface area contributed by atoms with Crippen molar-refractivity contribution in [1.82, 2.24) is 14.9 Å². The van der Waals surface area contributed by atoms with E-state index in [0.29, 0.717) is 0 Å². The number of hydrogen-bond donors (Lipinski definition) is 1. The fourth-order valence-corrected chi connectivity index (χ4v) is 2.07. The highest BCUT2D eigenvalue weighted by Crippen LogP contribution is 2.27. The van der Waals surface area contributed by atoms with Crippen molar-refractivity contribution in [2.75, 3.05) is 25.7 Å². The molecule has 0 spiro atoms. The minimum atomic E-state index is 0.850. The van der Waals surface area contributed by atoms with Crippen LogP contribution in [0.2, 0.25) is 0 Å². The SMILES string of the molecule is CNc1nc(SC)nc2c1CN(C)C2. The Morgan fingerprint density at radius 3 is 2.79 bits per heavy atom. The average Bonchev–Trinajstić information content (AvgIpc) is 2.56. The molecule has 1 aromatic heterocycles. The molecule has 2 rings (SSSR count). The molecule has 1 aliphatic rings. The maximum absolute atomic E-state index is 4.50. The molecule has 0 aromatic carbocycles. The minimum absolute atomic E-state index is 0.850. The van der Waals surface area contributed by atoms with Crippen LogP contribution in [0.15, 0.2) is 5.16 Å². The van der Waals surface area contributed by atoms with Crippen molar-refractivity contribution in [3.63, 3.8) is 0 Å². The van der Waals surface area contributed by atoms with Gasteiger partial charge in [-0.3, -0.25) is 4.90 Å². The highest BCUT2D eigenvalue weighted by atomic mass is 32.2. The van der Waals surface area contributed by atoms with E-state index in [0.717, 1.165) is 29.8 Å². The van der Waals surface area contributed by atoms with Crippen molar-refractivity contribution in [2.45, 2.75) is 18.2 Å². The number of thioether (sulfide) groups is 1. The summed E-state index contributed by atoms with van der Waals surface area (Å²) in [6.45, 7) is 1.88. The molecule has 76 valence electrons. The lowest BCUT2D eigenvalue weighted by molar-refractivity contribution is 0.351. The predicted octanol–water partition coefficient (Wildman–Crippen LogP) is 1.19. The summed E-state index contributed by atoms with van der Waals surface area (Å²) in [5.41, 5.74) is 2.41. The van der Waals surface area contributed by atoms with Crippen LogP contribution in [-0.2, 0) is 13.1 Å². The van der Waals surface area contributed by atoms with Crippen LogP contribution in [-0.4, -0.2) is 35.2 Å². The third-order valence-corrected chi connectivity index (χ3v) is 2.89. The summed E-state index contributed by atoms with van der Waals surface area (Å²) in [6, 6.07) is 0. The highest BCUT2D eigenvalue weighted by Gasteiger charge is 2.21. The maximum Gasteiger partial charge on any atom is 0.189 e. The maximum atomic E-state index is 4.50. The smallest absolute Gasteiger partial charge is 0.189 e. The number of hydrogen-bond acceptors (Lipinski definition) is 5. The normalized spacial score (nSPS) is 15.6. The summed E-state index contributed by atoms with van der Waals surface area (Å²) in [4.78, 5) is 11.2. The van der Waals surface area contributed by atoms with Crippen LogP contribution in [0.1, 0.15) is 11.3 Å². The predicted molar refractivity (Wildman–Crippen MR) is 58.5 cm³/mol. The van der Waals surface area contributed by atoms with Crippen LogP contribution >= 0.6 is 11.8 Å². The molecule has 4 nitrogen and oxygen atoms in total. The van der Waals surface area contributed by atoms with Gasteiger partial charge in [-0.05, 0) is 13.3 Å². The Kier molecular flexibility index (Phi) is 2.60. The quantitative estimate of drug-likeness (QED) is 0.586. The van der Waals surface area contributed by atoms with Gasteiger partial charge in [0.1, 0.15) is 5.82 Å². The van der Waals surface area contributed by atoms with Gasteiger partial charge in [0, 0.05) is 25.7 Å². The summed E-state index contributed by atoms with van der Waals surface area (Å²) in [5.74, 6) is 0.976. The third-order valence-electron chi connectivity index (χ3n) is 2.34. The largest absolute Gasteiger partial charge is 0.373 e. The van der Waals surface area contributed by atoms with Crippen molar-refractivity contribution in [2.24, 2.45) is 0 Å². The van der Waals surface area contributed by atoms with Crippen LogP contribution in [0.5, 0.6) is 0 Å². The lowest BCUT2D eigenvalue weighted by Crippen LogP contribution is -2.08. The van der Waals surface area contributed by atoms with E-state index < -0.39 is 0 Å². The van der Waals surface area contributed by atoms with Gasteiger partial charge in [-0.15, -0.1) is 0 Å². The monoisotopic (exact) mass is 210 g/mol. The number of anilines is 1. The number of nitrogens with zero attached hydrogens (tertiary/aromatic N) is 3. The zero-order valence-electron chi connectivity index (χ0n) is 8.66. The van der Waals surface area contributed by atoms with E-state index in [2.05, 4.69) is 27.2 Å². The lowest BCUT2D eigenvalue weighted by Gasteiger charge is -2.07. The third kappa shape index (κ3) is 1.57. The molecule has 0 unspecified atom stereocenters. The fourth-order valence-electron chi connectivity index (χ4n) is 1.68. The van der Waals surface area contributed by atoms with Crippen molar-refractivity contribution >= 4 is 17.6 Å². The molecule has 0 saturated carbocycles. The first kappa shape index (κ1) is 9.73. The van der Waals surface area contributed by atoms with Crippen molar-refractivity contribution in [3.05, 3.63) is 11.3 Å². The molecule has 1 aromatic rings. The van der Waals surface area contributed by atoms with Gasteiger partial charge in [0.25, 0.3) is 0 Å². The van der Waals surface area contributed by atoms with Crippen LogP contribution in [0.25, 0.3) is 0 Å². The van der Waals surface area contributed by atoms with Gasteiger partial charge in [-0.1, -0.05) is 11.8 Å². The van der Waals surface area contributed by atoms with Gasteiger partial charge in [-0.2, -0.15) is 0 Å². The molecular formula is C9H14N4S. The second kappa shape index (κ2) is 3.74. The summed E-state index contributed by atoms with van der Waals surface area (Å²) in [5, 5.41) is 3.98. The van der Waals surface area contributed by atoms with Gasteiger partial charge >= 0.3 is 0 Å². The zero-order valence-corrected chi connectivity index (χ0v) is 9.48. The van der Waals surface area contributed by atoms with Gasteiger partial charge in [-0.25, -0.2) is 9.97 Å². The summed E-state index contributed by atoms with van der Waals surface area (Å²) in [6.07, 6.45) is 2.00. The molecule has 1 N–H and O–H groups in total. The molecule has 1 aliphatic heterocycles. The van der Waals surface area contributed by atoms with Gasteiger partial charge in [0.05, 0.1) is 5.69 Å². The Morgan fingerprint density at radius 1 is 1.36 bits per heavy atom. The van der Waals surface area contributed by atoms with Crippen LogP contribution in [0.4, 0.5) is 5.82 Å². The number of aromatic nitrogens is 2. The Hall–Kier alpha value is -0.810. The molecule has 0 atom stereocenters. The van der Waals surface area contributed by atoms with Crippen LogP contribution in [0, 0.1) is 0 Å². The molecule has 0 bridgehead atoms. The lowest BCUT2D eigenvalue weighted by atomic mass is 10.2. The van der Waals surface area contributed by atoms with Gasteiger partial charge in [0.15, 0.2) is 5.16 Å². The van der Waals surface area contributed by atoms with Crippen molar-refractivity contribution in [3.8, 4) is 0 Å². The first-order chi connectivity index (χ1) is 6.74. The first-order valence-electron chi connectivity index (χ1n) is 4.54. The molecule has 0 aliphatic carbocycles. The summed E-state index contributed by atoms with van der Waals surface area (Å²) < 4.78 is 0. The van der Waals surface area contributed by atoms with E-state index in [-0.39, 0.29) is 0 Å². The molecule has 0 fully saturated rings. The molecule has 0 radical (unpaired) electrons. The minimum Gasteiger partial charge on any atom is -0.373 e. The molecule has 2 heterocycles. The molecule has 0 amide bonds. The fraction of sp³-hybridized carbons (Fsp3) is 0.556. The van der Waals surface area contributed by atoms with E-state index in [1.807, 2.05) is 13.3 Å². The molecule has 5 heteroatoms. The summed E-state index contributed by atoms with van der Waals surface area (Å²) >= 11 is 1.58. The molecular weight excluding hydrogens is 196 g/mol. The van der Waals surface area contributed by atoms with E-state index in [9.17, 15) is 0 Å². The van der Waals surface area contributed by atoms with Gasteiger partial charge < -0.3 is 5.32 Å². The van der Waals surface area contributed by atoms with E-state index in [1.54, 1.807) is 11.8 Å². The van der Waals surface area contributed by atoms with Crippen LogP contribution < -0.4 is 5.32 Å². The highest BCUT2D eigenvalue weighted by molar-refractivity contribution is 7.98. The van der Waals surface area contributed by atoms with Crippen LogP contribution in [0.3, 0.4) is 0 Å². The Morgan fingerprint density at radius 2 is 2.14 bits per heavy atom. The topological polar surface area (TPSA) is 41.1 Å². The Balaban J connectivity index is 2.46. The number of fused-ring (bicyclic) bond motifs is 1. The Labute approximate surface area is 88.1 Å². The second-order valence-corrected chi connectivity index (χ2v) is 4.18. The van der Waals surface area contributed by atoms with E-state index in [4.69, 9.17) is 0 Å². The zero-order chi connectivity index (χ0) is 10.1.